The average molecular weight is 469 g/mol. The minimum atomic E-state index is -4.48. The van der Waals surface area contributed by atoms with Crippen molar-refractivity contribution in [3.63, 3.8) is 0 Å². The molecular formula is C13H9BrClF6N3S. The minimum absolute atomic E-state index is 0.202. The van der Waals surface area contributed by atoms with Gasteiger partial charge >= 0.3 is 12.4 Å². The van der Waals surface area contributed by atoms with E-state index in [1.54, 1.807) is 0 Å². The molecule has 0 aliphatic heterocycles. The molecule has 0 bridgehead atoms. The summed E-state index contributed by atoms with van der Waals surface area (Å²) in [5, 5.41) is 8.41. The van der Waals surface area contributed by atoms with Gasteiger partial charge in [0.15, 0.2) is 0 Å². The summed E-state index contributed by atoms with van der Waals surface area (Å²) in [7, 11) is 0. The quantitative estimate of drug-likeness (QED) is 0.411. The Morgan fingerprint density at radius 1 is 1.12 bits per heavy atom. The summed E-state index contributed by atoms with van der Waals surface area (Å²) in [6.07, 6.45) is -8.96. The maximum absolute atomic E-state index is 12.2. The number of halogens is 8. The lowest BCUT2D eigenvalue weighted by Crippen LogP contribution is -2.07. The van der Waals surface area contributed by atoms with Crippen LogP contribution in [0, 0.1) is 11.3 Å². The molecule has 3 nitrogen and oxygen atoms in total. The fourth-order valence-corrected chi connectivity index (χ4v) is 2.15. The zero-order valence-corrected chi connectivity index (χ0v) is 15.7. The lowest BCUT2D eigenvalue weighted by molar-refractivity contribution is -0.144. The van der Waals surface area contributed by atoms with Crippen LogP contribution < -0.4 is 0 Å². The molecular weight excluding hydrogens is 460 g/mol. The lowest BCUT2D eigenvalue weighted by Gasteiger charge is -2.08. The molecule has 0 atom stereocenters. The van der Waals surface area contributed by atoms with Crippen molar-refractivity contribution in [3.8, 4) is 6.07 Å². The van der Waals surface area contributed by atoms with Gasteiger partial charge in [0.05, 0.1) is 17.2 Å². The van der Waals surface area contributed by atoms with Crippen LogP contribution in [0.5, 0.6) is 0 Å². The number of nitrogens with zero attached hydrogens (tertiary/aromatic N) is 3. The minimum Gasteiger partial charge on any atom is -0.199 e. The van der Waals surface area contributed by atoms with E-state index < -0.39 is 23.7 Å². The second kappa shape index (κ2) is 9.94. The SMILES string of the molecule is CC.FC(F)(F)c1nsc(Cl)n1.N#Cc1ccc(Br)cc1C(F)(F)F. The predicted molar refractivity (Wildman–Crippen MR) is 85.1 cm³/mol. The van der Waals surface area contributed by atoms with Crippen LogP contribution in [-0.2, 0) is 12.4 Å². The molecule has 1 aromatic carbocycles. The van der Waals surface area contributed by atoms with Gasteiger partial charge in [0.1, 0.15) is 0 Å². The maximum Gasteiger partial charge on any atom is 0.452 e. The van der Waals surface area contributed by atoms with Crippen molar-refractivity contribution in [2.45, 2.75) is 26.2 Å². The Hall–Kier alpha value is -1.38. The number of hydrogen-bond acceptors (Lipinski definition) is 4. The molecule has 0 fully saturated rings. The summed E-state index contributed by atoms with van der Waals surface area (Å²) >= 11 is 8.54. The van der Waals surface area contributed by atoms with Gasteiger partial charge in [0.25, 0.3) is 0 Å². The van der Waals surface area contributed by atoms with Crippen LogP contribution in [0.1, 0.15) is 30.8 Å². The van der Waals surface area contributed by atoms with Crippen LogP contribution >= 0.6 is 39.1 Å². The molecule has 138 valence electrons. The van der Waals surface area contributed by atoms with E-state index in [1.165, 1.54) is 12.1 Å². The highest BCUT2D eigenvalue weighted by molar-refractivity contribution is 9.10. The van der Waals surface area contributed by atoms with E-state index in [2.05, 4.69) is 25.3 Å². The lowest BCUT2D eigenvalue weighted by atomic mass is 10.1. The summed E-state index contributed by atoms with van der Waals surface area (Å²) in [6, 6.07) is 4.90. The molecule has 0 amide bonds. The van der Waals surface area contributed by atoms with Crippen molar-refractivity contribution >= 4 is 39.1 Å². The number of alkyl halides is 6. The van der Waals surface area contributed by atoms with E-state index in [1.807, 2.05) is 13.8 Å². The molecule has 0 unspecified atom stereocenters. The second-order valence-corrected chi connectivity index (χ2v) is 5.92. The second-order valence-electron chi connectivity index (χ2n) is 3.67. The molecule has 1 aromatic heterocycles. The van der Waals surface area contributed by atoms with Crippen molar-refractivity contribution in [2.75, 3.05) is 0 Å². The molecule has 0 N–H and O–H groups in total. The normalized spacial score (nSPS) is 10.8. The Kier molecular flexibility index (Phi) is 9.39. The standard InChI is InChI=1S/C8H3BrF3N.C3ClF3N2S.C2H6/c9-6-2-1-5(4-13)7(3-6)8(10,11)12;4-2-8-1(9-10-2)3(5,6)7;1-2/h1-3H;;1-2H3. The van der Waals surface area contributed by atoms with E-state index >= 15 is 0 Å². The van der Waals surface area contributed by atoms with Crippen molar-refractivity contribution in [3.05, 3.63) is 44.1 Å². The number of hydrogen-bond donors (Lipinski definition) is 0. The summed E-state index contributed by atoms with van der Waals surface area (Å²) in [5.41, 5.74) is -1.28. The first-order valence-electron chi connectivity index (χ1n) is 6.28. The topological polar surface area (TPSA) is 49.6 Å². The van der Waals surface area contributed by atoms with Gasteiger partial charge in [-0.05, 0) is 41.3 Å². The van der Waals surface area contributed by atoms with Crippen molar-refractivity contribution in [1.82, 2.24) is 9.36 Å². The van der Waals surface area contributed by atoms with Crippen molar-refractivity contribution < 1.29 is 26.3 Å². The third-order valence-electron chi connectivity index (χ3n) is 2.06. The van der Waals surface area contributed by atoms with Gasteiger partial charge in [-0.15, -0.1) is 0 Å². The summed E-state index contributed by atoms with van der Waals surface area (Å²) in [5.74, 6) is -1.18. The van der Waals surface area contributed by atoms with E-state index in [0.29, 0.717) is 16.0 Å². The fraction of sp³-hybridized carbons (Fsp3) is 0.308. The van der Waals surface area contributed by atoms with Gasteiger partial charge in [0.2, 0.25) is 10.3 Å². The highest BCUT2D eigenvalue weighted by atomic mass is 79.9. The van der Waals surface area contributed by atoms with Gasteiger partial charge in [0, 0.05) is 4.47 Å². The maximum atomic E-state index is 12.2. The Morgan fingerprint density at radius 2 is 1.68 bits per heavy atom. The van der Waals surface area contributed by atoms with Crippen LogP contribution in [0.2, 0.25) is 4.47 Å². The molecule has 0 radical (unpaired) electrons. The molecule has 0 aliphatic carbocycles. The van der Waals surface area contributed by atoms with Crippen LogP contribution in [0.25, 0.3) is 0 Å². The number of aromatic nitrogens is 2. The van der Waals surface area contributed by atoms with Crippen LogP contribution in [0.4, 0.5) is 26.3 Å². The van der Waals surface area contributed by atoms with Gasteiger partial charge < -0.3 is 0 Å². The Labute approximate surface area is 156 Å². The molecule has 0 saturated carbocycles. The highest BCUT2D eigenvalue weighted by Gasteiger charge is 2.36. The van der Waals surface area contributed by atoms with Crippen molar-refractivity contribution in [1.29, 1.82) is 5.26 Å². The van der Waals surface area contributed by atoms with Gasteiger partial charge in [-0.25, -0.2) is 0 Å². The van der Waals surface area contributed by atoms with Crippen LogP contribution in [0.3, 0.4) is 0 Å². The van der Waals surface area contributed by atoms with E-state index in [4.69, 9.17) is 16.9 Å². The van der Waals surface area contributed by atoms with E-state index in [9.17, 15) is 26.3 Å². The molecule has 0 saturated heterocycles. The fourth-order valence-electron chi connectivity index (χ4n) is 1.17. The van der Waals surface area contributed by atoms with Gasteiger partial charge in [-0.2, -0.15) is 41.0 Å². The molecule has 12 heteroatoms. The van der Waals surface area contributed by atoms with Gasteiger partial charge in [-0.3, -0.25) is 0 Å². The Morgan fingerprint density at radius 3 is 2.00 bits per heavy atom. The highest BCUT2D eigenvalue weighted by Crippen LogP contribution is 2.33. The van der Waals surface area contributed by atoms with Crippen molar-refractivity contribution in [2.24, 2.45) is 0 Å². The summed E-state index contributed by atoms with van der Waals surface area (Å²) < 4.78 is 74.7. The van der Waals surface area contributed by atoms with E-state index in [-0.39, 0.29) is 10.0 Å². The molecule has 2 rings (SSSR count). The molecule has 1 heterocycles. The monoisotopic (exact) mass is 467 g/mol. The Bertz CT molecular complexity index is 724. The summed E-state index contributed by atoms with van der Waals surface area (Å²) in [4.78, 5) is 2.93. The van der Waals surface area contributed by atoms with E-state index in [0.717, 1.165) is 12.1 Å². The number of rotatable bonds is 0. The number of nitriles is 1. The smallest absolute Gasteiger partial charge is 0.199 e. The molecule has 0 aliphatic rings. The predicted octanol–water partition coefficient (Wildman–Crippen LogP) is 6.58. The molecule has 25 heavy (non-hydrogen) atoms. The summed E-state index contributed by atoms with van der Waals surface area (Å²) in [6.45, 7) is 4.00. The van der Waals surface area contributed by atoms with Gasteiger partial charge in [-0.1, -0.05) is 29.8 Å². The zero-order valence-electron chi connectivity index (χ0n) is 12.5. The molecule has 2 aromatic rings. The third kappa shape index (κ3) is 8.02. The first kappa shape index (κ1) is 23.6. The number of benzene rings is 1. The third-order valence-corrected chi connectivity index (χ3v) is 3.35. The van der Waals surface area contributed by atoms with Crippen LogP contribution in [-0.4, -0.2) is 9.36 Å². The Balaban J connectivity index is 0.000000430. The first-order valence-corrected chi connectivity index (χ1v) is 8.23. The largest absolute Gasteiger partial charge is 0.452 e. The first-order chi connectivity index (χ1) is 11.4. The molecule has 0 spiro atoms. The zero-order chi connectivity index (χ0) is 19.8. The average Bonchev–Trinajstić information content (AvgIpc) is 2.96. The van der Waals surface area contributed by atoms with Crippen LogP contribution in [0.15, 0.2) is 22.7 Å².